The highest BCUT2D eigenvalue weighted by Gasteiger charge is 2.43. The van der Waals surface area contributed by atoms with Gasteiger partial charge in [0.1, 0.15) is 12.4 Å². The Morgan fingerprint density at radius 3 is 2.48 bits per heavy atom. The molecule has 33 heavy (non-hydrogen) atoms. The minimum atomic E-state index is -0.532. The molecule has 1 heterocycles. The number of nitrogens with one attached hydrogen (secondary N) is 1. The second-order valence-corrected chi connectivity index (χ2v) is 9.46. The van der Waals surface area contributed by atoms with Gasteiger partial charge < -0.3 is 14.8 Å². The van der Waals surface area contributed by atoms with Gasteiger partial charge in [-0.05, 0) is 37.3 Å². The Morgan fingerprint density at radius 1 is 1.06 bits per heavy atom. The standard InChI is InChI=1S/C28H31NO4/c1-5-32-27(31)24-18(2)29-21-15-28(3,4)16-22(30)26(21)25(24)20-13-9-10-14-23(20)33-17-19-11-7-6-8-12-19/h6-14,25,29H,5,15-17H2,1-4H3/t25-/m1/s1. The number of carbonyl (C=O) groups is 2. The summed E-state index contributed by atoms with van der Waals surface area (Å²) in [6, 6.07) is 17.6. The number of rotatable bonds is 6. The van der Waals surface area contributed by atoms with Crippen molar-refractivity contribution in [2.24, 2.45) is 5.41 Å². The molecular weight excluding hydrogens is 414 g/mol. The number of allylic oxidation sites excluding steroid dienone is 3. The zero-order valence-electron chi connectivity index (χ0n) is 19.7. The van der Waals surface area contributed by atoms with Crippen LogP contribution >= 0.6 is 0 Å². The quantitative estimate of drug-likeness (QED) is 0.601. The molecule has 0 saturated heterocycles. The maximum atomic E-state index is 13.4. The summed E-state index contributed by atoms with van der Waals surface area (Å²) in [7, 11) is 0. The van der Waals surface area contributed by atoms with Crippen molar-refractivity contribution >= 4 is 11.8 Å². The van der Waals surface area contributed by atoms with Gasteiger partial charge >= 0.3 is 5.97 Å². The molecular formula is C28H31NO4. The van der Waals surface area contributed by atoms with E-state index in [1.807, 2.05) is 61.5 Å². The first-order valence-corrected chi connectivity index (χ1v) is 11.5. The van der Waals surface area contributed by atoms with Crippen LogP contribution in [0.3, 0.4) is 0 Å². The normalized spacial score (nSPS) is 19.6. The van der Waals surface area contributed by atoms with E-state index < -0.39 is 11.9 Å². The molecule has 2 aliphatic rings. The fourth-order valence-electron chi connectivity index (χ4n) is 4.81. The van der Waals surface area contributed by atoms with Crippen molar-refractivity contribution < 1.29 is 19.1 Å². The van der Waals surface area contributed by atoms with Crippen LogP contribution in [0, 0.1) is 5.41 Å². The molecule has 5 nitrogen and oxygen atoms in total. The van der Waals surface area contributed by atoms with Crippen LogP contribution in [0.5, 0.6) is 5.75 Å². The Morgan fingerprint density at radius 2 is 1.76 bits per heavy atom. The van der Waals surface area contributed by atoms with Crippen molar-refractivity contribution in [2.45, 2.75) is 53.1 Å². The molecule has 0 saturated carbocycles. The second kappa shape index (κ2) is 9.26. The number of ether oxygens (including phenoxy) is 2. The Balaban J connectivity index is 1.81. The molecule has 1 aliphatic heterocycles. The van der Waals surface area contributed by atoms with Crippen LogP contribution < -0.4 is 10.1 Å². The van der Waals surface area contributed by atoms with E-state index in [0.29, 0.717) is 29.9 Å². The predicted molar refractivity (Wildman–Crippen MR) is 127 cm³/mol. The Hall–Kier alpha value is -3.34. The van der Waals surface area contributed by atoms with Crippen LogP contribution in [-0.4, -0.2) is 18.4 Å². The lowest BCUT2D eigenvalue weighted by molar-refractivity contribution is -0.138. The van der Waals surface area contributed by atoms with Crippen LogP contribution in [0.1, 0.15) is 57.6 Å². The fourth-order valence-corrected chi connectivity index (χ4v) is 4.81. The molecule has 0 bridgehead atoms. The fraction of sp³-hybridized carbons (Fsp3) is 0.357. The summed E-state index contributed by atoms with van der Waals surface area (Å²) in [6.45, 7) is 8.52. The second-order valence-electron chi connectivity index (χ2n) is 9.46. The summed E-state index contributed by atoms with van der Waals surface area (Å²) in [4.78, 5) is 26.5. The number of carbonyl (C=O) groups excluding carboxylic acids is 2. The Kier molecular flexibility index (Phi) is 6.41. The third-order valence-electron chi connectivity index (χ3n) is 6.20. The summed E-state index contributed by atoms with van der Waals surface area (Å²) in [5.74, 6) is -0.219. The lowest BCUT2D eigenvalue weighted by Gasteiger charge is -2.39. The molecule has 1 N–H and O–H groups in total. The molecule has 4 rings (SSSR count). The van der Waals surface area contributed by atoms with Gasteiger partial charge in [0.05, 0.1) is 18.1 Å². The zero-order chi connectivity index (χ0) is 23.6. The van der Waals surface area contributed by atoms with Gasteiger partial charge in [-0.1, -0.05) is 62.4 Å². The van der Waals surface area contributed by atoms with Crippen molar-refractivity contribution in [1.82, 2.24) is 5.32 Å². The number of dihydropyridines is 1. The van der Waals surface area contributed by atoms with E-state index in [1.165, 1.54) is 0 Å². The summed E-state index contributed by atoms with van der Waals surface area (Å²) >= 11 is 0. The highest BCUT2D eigenvalue weighted by molar-refractivity contribution is 6.04. The first-order chi connectivity index (χ1) is 15.8. The highest BCUT2D eigenvalue weighted by atomic mass is 16.5. The largest absolute Gasteiger partial charge is 0.489 e. The highest BCUT2D eigenvalue weighted by Crippen LogP contribution is 2.48. The summed E-state index contributed by atoms with van der Waals surface area (Å²) < 4.78 is 11.6. The van der Waals surface area contributed by atoms with E-state index in [9.17, 15) is 9.59 Å². The summed E-state index contributed by atoms with van der Waals surface area (Å²) in [5, 5.41) is 3.37. The topological polar surface area (TPSA) is 64.6 Å². The maximum absolute atomic E-state index is 13.4. The maximum Gasteiger partial charge on any atom is 0.336 e. The Bertz CT molecular complexity index is 1130. The van der Waals surface area contributed by atoms with Crippen LogP contribution in [-0.2, 0) is 20.9 Å². The molecule has 5 heteroatoms. The van der Waals surface area contributed by atoms with Gasteiger partial charge in [0.2, 0.25) is 0 Å². The van der Waals surface area contributed by atoms with Gasteiger partial charge in [0, 0.05) is 29.0 Å². The number of esters is 1. The van der Waals surface area contributed by atoms with Crippen LogP contribution in [0.4, 0.5) is 0 Å². The number of Topliss-reactive ketones (excluding diaryl/α,β-unsaturated/α-hetero) is 1. The lowest BCUT2D eigenvalue weighted by Crippen LogP contribution is -2.38. The average molecular weight is 446 g/mol. The molecule has 0 aromatic heterocycles. The van der Waals surface area contributed by atoms with Gasteiger partial charge in [-0.25, -0.2) is 4.79 Å². The van der Waals surface area contributed by atoms with Crippen LogP contribution in [0.15, 0.2) is 77.1 Å². The smallest absolute Gasteiger partial charge is 0.336 e. The zero-order valence-corrected chi connectivity index (χ0v) is 19.7. The van der Waals surface area contributed by atoms with E-state index >= 15 is 0 Å². The monoisotopic (exact) mass is 445 g/mol. The molecule has 0 radical (unpaired) electrons. The molecule has 1 aliphatic carbocycles. The van der Waals surface area contributed by atoms with Crippen molar-refractivity contribution in [3.8, 4) is 5.75 Å². The molecule has 2 aromatic rings. The van der Waals surface area contributed by atoms with Gasteiger partial charge in [0.15, 0.2) is 5.78 Å². The van der Waals surface area contributed by atoms with E-state index in [1.54, 1.807) is 6.92 Å². The van der Waals surface area contributed by atoms with Crippen LogP contribution in [0.25, 0.3) is 0 Å². The Labute approximate surface area is 195 Å². The van der Waals surface area contributed by atoms with Crippen molar-refractivity contribution in [1.29, 1.82) is 0 Å². The van der Waals surface area contributed by atoms with Crippen molar-refractivity contribution in [3.05, 3.63) is 88.3 Å². The SMILES string of the molecule is CCOC(=O)C1=C(C)NC2=C(C(=O)CC(C)(C)C2)[C@@H]1c1ccccc1OCc1ccccc1. The predicted octanol–water partition coefficient (Wildman–Crippen LogP) is 5.43. The number of hydrogen-bond acceptors (Lipinski definition) is 5. The molecule has 1 atom stereocenters. The third kappa shape index (κ3) is 4.72. The van der Waals surface area contributed by atoms with E-state index in [2.05, 4.69) is 19.2 Å². The van der Waals surface area contributed by atoms with E-state index in [0.717, 1.165) is 28.9 Å². The van der Waals surface area contributed by atoms with E-state index in [-0.39, 0.29) is 17.8 Å². The minimum absolute atomic E-state index is 0.0610. The summed E-state index contributed by atoms with van der Waals surface area (Å²) in [5.41, 5.74) is 4.45. The first-order valence-electron chi connectivity index (χ1n) is 11.5. The molecule has 2 aromatic carbocycles. The molecule has 0 fully saturated rings. The van der Waals surface area contributed by atoms with Crippen molar-refractivity contribution in [3.63, 3.8) is 0 Å². The van der Waals surface area contributed by atoms with Gasteiger partial charge in [-0.3, -0.25) is 4.79 Å². The lowest BCUT2D eigenvalue weighted by atomic mass is 9.68. The minimum Gasteiger partial charge on any atom is -0.489 e. The number of ketones is 1. The van der Waals surface area contributed by atoms with Gasteiger partial charge in [0.25, 0.3) is 0 Å². The molecule has 0 amide bonds. The molecule has 0 spiro atoms. The van der Waals surface area contributed by atoms with Crippen LogP contribution in [0.2, 0.25) is 0 Å². The third-order valence-corrected chi connectivity index (χ3v) is 6.20. The number of para-hydroxylation sites is 1. The van der Waals surface area contributed by atoms with Gasteiger partial charge in [-0.2, -0.15) is 0 Å². The number of hydrogen-bond donors (Lipinski definition) is 1. The van der Waals surface area contributed by atoms with Gasteiger partial charge in [-0.15, -0.1) is 0 Å². The number of benzene rings is 2. The summed E-state index contributed by atoms with van der Waals surface area (Å²) in [6.07, 6.45) is 1.18. The first kappa shape index (κ1) is 22.8. The van der Waals surface area contributed by atoms with E-state index in [4.69, 9.17) is 9.47 Å². The average Bonchev–Trinajstić information content (AvgIpc) is 2.77. The van der Waals surface area contributed by atoms with Crippen molar-refractivity contribution in [2.75, 3.05) is 6.61 Å². The molecule has 0 unspecified atom stereocenters. The molecule has 172 valence electrons.